The minimum atomic E-state index is -3.89. The fraction of sp³-hybridized carbons (Fsp3) is 0.429. The Bertz CT molecular complexity index is 1540. The SMILES string of the molecule is CSCCn1c(=NC(=O)C2CCCCN2S(=O)(=O)c2ccc(Cl)s2)sc2cc(S(C)(=O)=O)ccc21. The summed E-state index contributed by atoms with van der Waals surface area (Å²) in [6, 6.07) is 6.95. The number of amides is 1. The Morgan fingerprint density at radius 2 is 1.94 bits per heavy atom. The Balaban J connectivity index is 1.77. The lowest BCUT2D eigenvalue weighted by molar-refractivity contribution is -0.122. The van der Waals surface area contributed by atoms with E-state index in [2.05, 4.69) is 4.99 Å². The molecule has 1 aliphatic rings. The van der Waals surface area contributed by atoms with E-state index in [-0.39, 0.29) is 15.6 Å². The number of carbonyl (C=O) groups is 1. The molecule has 0 radical (unpaired) electrons. The normalized spacial score (nSPS) is 18.4. The summed E-state index contributed by atoms with van der Waals surface area (Å²) in [6.45, 7) is 0.812. The molecule has 190 valence electrons. The second-order valence-electron chi connectivity index (χ2n) is 8.07. The van der Waals surface area contributed by atoms with Gasteiger partial charge in [-0.15, -0.1) is 11.3 Å². The van der Waals surface area contributed by atoms with Gasteiger partial charge in [-0.1, -0.05) is 29.4 Å². The topological polar surface area (TPSA) is 106 Å². The van der Waals surface area contributed by atoms with Crippen LogP contribution in [0.2, 0.25) is 4.34 Å². The van der Waals surface area contributed by atoms with Crippen LogP contribution in [-0.2, 0) is 31.2 Å². The van der Waals surface area contributed by atoms with E-state index in [1.165, 1.54) is 27.8 Å². The van der Waals surface area contributed by atoms with Crippen molar-refractivity contribution >= 4 is 82.0 Å². The Hall–Kier alpha value is -1.22. The fourth-order valence-electron chi connectivity index (χ4n) is 3.93. The molecule has 4 rings (SSSR count). The van der Waals surface area contributed by atoms with Gasteiger partial charge in [0.25, 0.3) is 15.9 Å². The number of sulfonamides is 1. The van der Waals surface area contributed by atoms with Crippen LogP contribution in [0.1, 0.15) is 19.3 Å². The Morgan fingerprint density at radius 3 is 2.60 bits per heavy atom. The molecule has 1 unspecified atom stereocenters. The van der Waals surface area contributed by atoms with Gasteiger partial charge in [-0.25, -0.2) is 16.8 Å². The molecule has 3 heterocycles. The fourth-order valence-corrected chi connectivity index (χ4v) is 9.38. The van der Waals surface area contributed by atoms with Gasteiger partial charge in [-0.3, -0.25) is 4.79 Å². The molecule has 0 N–H and O–H groups in total. The number of thioether (sulfide) groups is 1. The lowest BCUT2D eigenvalue weighted by atomic mass is 10.0. The summed E-state index contributed by atoms with van der Waals surface area (Å²) in [5.74, 6) is 0.244. The predicted octanol–water partition coefficient (Wildman–Crippen LogP) is 3.85. The zero-order chi connectivity index (χ0) is 25.4. The molecule has 0 saturated carbocycles. The highest BCUT2D eigenvalue weighted by Crippen LogP contribution is 2.32. The van der Waals surface area contributed by atoms with Crippen molar-refractivity contribution in [1.82, 2.24) is 8.87 Å². The highest BCUT2D eigenvalue weighted by molar-refractivity contribution is 7.98. The third kappa shape index (κ3) is 5.71. The number of fused-ring (bicyclic) bond motifs is 1. The monoisotopic (exact) mass is 593 g/mol. The molecule has 0 bridgehead atoms. The largest absolute Gasteiger partial charge is 0.316 e. The molecule has 1 fully saturated rings. The summed E-state index contributed by atoms with van der Waals surface area (Å²) in [4.78, 5) is 18.4. The van der Waals surface area contributed by atoms with Gasteiger partial charge < -0.3 is 4.57 Å². The van der Waals surface area contributed by atoms with Gasteiger partial charge in [0.15, 0.2) is 14.6 Å². The molecule has 1 amide bonds. The number of piperidine rings is 1. The number of aromatic nitrogens is 1. The summed E-state index contributed by atoms with van der Waals surface area (Å²) < 4.78 is 54.9. The molecule has 1 aliphatic heterocycles. The first-order valence-electron chi connectivity index (χ1n) is 10.7. The van der Waals surface area contributed by atoms with E-state index in [4.69, 9.17) is 11.6 Å². The summed E-state index contributed by atoms with van der Waals surface area (Å²) in [6.07, 6.45) is 4.89. The second-order valence-corrected chi connectivity index (χ2v) is 15.9. The number of aryl methyl sites for hydroxylation is 1. The smallest absolute Gasteiger partial charge is 0.266 e. The number of rotatable bonds is 7. The summed E-state index contributed by atoms with van der Waals surface area (Å²) in [7, 11) is -7.27. The molecule has 2 aromatic heterocycles. The average Bonchev–Trinajstić information content (AvgIpc) is 3.40. The number of hydrogen-bond acceptors (Lipinski definition) is 8. The van der Waals surface area contributed by atoms with Gasteiger partial charge in [-0.2, -0.15) is 21.1 Å². The summed E-state index contributed by atoms with van der Waals surface area (Å²) >= 11 is 9.78. The number of nitrogens with zero attached hydrogens (tertiary/aromatic N) is 3. The lowest BCUT2D eigenvalue weighted by Crippen LogP contribution is -2.47. The number of benzene rings is 1. The summed E-state index contributed by atoms with van der Waals surface area (Å²) in [5.41, 5.74) is 0.782. The maximum absolute atomic E-state index is 13.4. The summed E-state index contributed by atoms with van der Waals surface area (Å²) in [5, 5.41) is 0. The zero-order valence-corrected chi connectivity index (χ0v) is 23.8. The van der Waals surface area contributed by atoms with Gasteiger partial charge >= 0.3 is 0 Å². The van der Waals surface area contributed by atoms with E-state index >= 15 is 0 Å². The van der Waals surface area contributed by atoms with Gasteiger partial charge in [0.2, 0.25) is 0 Å². The van der Waals surface area contributed by atoms with Crippen LogP contribution in [0.25, 0.3) is 10.2 Å². The molecule has 1 atom stereocenters. The van der Waals surface area contributed by atoms with Crippen molar-refractivity contribution in [2.24, 2.45) is 4.99 Å². The van der Waals surface area contributed by atoms with Crippen molar-refractivity contribution in [1.29, 1.82) is 0 Å². The van der Waals surface area contributed by atoms with Crippen LogP contribution in [0.4, 0.5) is 0 Å². The molecule has 35 heavy (non-hydrogen) atoms. The first-order chi connectivity index (χ1) is 16.5. The minimum Gasteiger partial charge on any atom is -0.316 e. The molecule has 1 aromatic carbocycles. The molecule has 8 nitrogen and oxygen atoms in total. The van der Waals surface area contributed by atoms with E-state index in [1.807, 2.05) is 10.8 Å². The molecule has 0 aliphatic carbocycles. The van der Waals surface area contributed by atoms with Gasteiger partial charge in [0.1, 0.15) is 10.3 Å². The molecular formula is C21H24ClN3O5S5. The van der Waals surface area contributed by atoms with Crippen LogP contribution >= 0.6 is 46.0 Å². The Kier molecular flexibility index (Phi) is 8.16. The van der Waals surface area contributed by atoms with Crippen LogP contribution in [0.5, 0.6) is 0 Å². The second kappa shape index (κ2) is 10.6. The van der Waals surface area contributed by atoms with Crippen molar-refractivity contribution in [2.75, 3.05) is 24.8 Å². The van der Waals surface area contributed by atoms with Crippen molar-refractivity contribution in [3.05, 3.63) is 39.5 Å². The Labute approximate surface area is 221 Å². The number of thiophene rings is 1. The zero-order valence-electron chi connectivity index (χ0n) is 19.0. The number of thiazole rings is 1. The third-order valence-electron chi connectivity index (χ3n) is 5.66. The van der Waals surface area contributed by atoms with E-state index in [0.717, 1.165) is 35.3 Å². The maximum atomic E-state index is 13.4. The van der Waals surface area contributed by atoms with E-state index in [1.54, 1.807) is 30.0 Å². The molecule has 3 aromatic rings. The van der Waals surface area contributed by atoms with Gasteiger partial charge in [0, 0.05) is 25.1 Å². The van der Waals surface area contributed by atoms with E-state index in [0.29, 0.717) is 33.2 Å². The van der Waals surface area contributed by atoms with Gasteiger partial charge in [-0.05, 0) is 49.4 Å². The average molecular weight is 594 g/mol. The van der Waals surface area contributed by atoms with Crippen LogP contribution < -0.4 is 4.80 Å². The number of halogens is 1. The third-order valence-corrected chi connectivity index (χ3v) is 12.0. The Morgan fingerprint density at radius 1 is 1.17 bits per heavy atom. The quantitative estimate of drug-likeness (QED) is 0.412. The molecule has 1 saturated heterocycles. The van der Waals surface area contributed by atoms with Crippen molar-refractivity contribution in [3.63, 3.8) is 0 Å². The van der Waals surface area contributed by atoms with E-state index < -0.39 is 31.8 Å². The van der Waals surface area contributed by atoms with Crippen LogP contribution in [0.3, 0.4) is 0 Å². The van der Waals surface area contributed by atoms with E-state index in [9.17, 15) is 21.6 Å². The highest BCUT2D eigenvalue weighted by atomic mass is 35.5. The van der Waals surface area contributed by atoms with Gasteiger partial charge in [0.05, 0.1) is 19.4 Å². The van der Waals surface area contributed by atoms with Crippen molar-refractivity contribution in [3.8, 4) is 0 Å². The molecule has 14 heteroatoms. The number of sulfone groups is 1. The number of hydrogen-bond donors (Lipinski definition) is 0. The number of carbonyl (C=O) groups excluding carboxylic acids is 1. The highest BCUT2D eigenvalue weighted by Gasteiger charge is 2.38. The van der Waals surface area contributed by atoms with Crippen LogP contribution in [-0.4, -0.2) is 62.5 Å². The minimum absolute atomic E-state index is 0.104. The molecular weight excluding hydrogens is 570 g/mol. The van der Waals surface area contributed by atoms with Crippen molar-refractivity contribution in [2.45, 2.75) is 41.0 Å². The van der Waals surface area contributed by atoms with Crippen molar-refractivity contribution < 1.29 is 21.6 Å². The first-order valence-corrected chi connectivity index (χ1v) is 17.4. The predicted molar refractivity (Wildman–Crippen MR) is 143 cm³/mol. The standard InChI is InChI=1S/C21H24ClN3O5S5/c1-31-12-11-24-15-7-6-14(34(2,27)28)13-17(15)32-21(24)23-20(26)16-5-3-4-10-25(16)35(29,30)19-9-8-18(22)33-19/h6-9,13,16H,3-5,10-12H2,1-2H3. The maximum Gasteiger partial charge on any atom is 0.266 e. The van der Waals surface area contributed by atoms with Crippen LogP contribution in [0, 0.1) is 0 Å². The molecule has 0 spiro atoms. The van der Waals surface area contributed by atoms with Crippen LogP contribution in [0.15, 0.2) is 44.4 Å². The lowest BCUT2D eigenvalue weighted by Gasteiger charge is -2.31. The first kappa shape index (κ1) is 26.8.